The van der Waals surface area contributed by atoms with Crippen molar-refractivity contribution >= 4 is 11.6 Å². The highest BCUT2D eigenvalue weighted by molar-refractivity contribution is 6.04. The molecule has 1 N–H and O–H groups in total. The van der Waals surface area contributed by atoms with Crippen molar-refractivity contribution in [2.24, 2.45) is 0 Å². The number of carbonyl (C=O) groups is 1. The second kappa shape index (κ2) is 6.08. The second-order valence-electron chi connectivity index (χ2n) is 5.55. The minimum atomic E-state index is -0.182. The third-order valence-electron chi connectivity index (χ3n) is 3.66. The summed E-state index contributed by atoms with van der Waals surface area (Å²) in [6.07, 6.45) is 5.30. The van der Waals surface area contributed by atoms with Crippen molar-refractivity contribution in [1.29, 1.82) is 0 Å². The summed E-state index contributed by atoms with van der Waals surface area (Å²) < 4.78 is 1.90. The summed E-state index contributed by atoms with van der Waals surface area (Å²) in [4.78, 5) is 16.4. The van der Waals surface area contributed by atoms with Gasteiger partial charge in [0.25, 0.3) is 5.91 Å². The highest BCUT2D eigenvalue weighted by Crippen LogP contribution is 2.19. The van der Waals surface area contributed by atoms with Crippen LogP contribution >= 0.6 is 0 Å². The van der Waals surface area contributed by atoms with E-state index in [1.54, 1.807) is 24.7 Å². The molecule has 0 saturated heterocycles. The predicted molar refractivity (Wildman–Crippen MR) is 90.8 cm³/mol. The Morgan fingerprint density at radius 1 is 1.17 bits per heavy atom. The lowest BCUT2D eigenvalue weighted by Crippen LogP contribution is -2.12. The van der Waals surface area contributed by atoms with Crippen LogP contribution in [0.15, 0.2) is 55.1 Å². The number of hydrogen-bond acceptors (Lipinski definition) is 2. The zero-order valence-electron chi connectivity index (χ0n) is 13.1. The number of carbonyl (C=O) groups excluding carboxylic acids is 1. The summed E-state index contributed by atoms with van der Waals surface area (Å²) >= 11 is 0. The molecule has 4 nitrogen and oxygen atoms in total. The SMILES string of the molecule is [CH]c1cc(C(=O)Nc2cc(C)cc(-n3ccnc3)c2)ccc1C. The average Bonchev–Trinajstić information content (AvgIpc) is 3.03. The summed E-state index contributed by atoms with van der Waals surface area (Å²) in [7, 11) is 0. The van der Waals surface area contributed by atoms with Crippen molar-refractivity contribution in [3.8, 4) is 5.69 Å². The summed E-state index contributed by atoms with van der Waals surface area (Å²) in [6.45, 7) is 9.77. The summed E-state index contributed by atoms with van der Waals surface area (Å²) in [5.74, 6) is -0.182. The predicted octanol–water partition coefficient (Wildman–Crippen LogP) is 3.80. The molecule has 0 bridgehead atoms. The third-order valence-corrected chi connectivity index (χ3v) is 3.66. The smallest absolute Gasteiger partial charge is 0.255 e. The first-order chi connectivity index (χ1) is 11.0. The Labute approximate surface area is 135 Å². The Hall–Kier alpha value is -2.88. The molecule has 0 unspecified atom stereocenters. The zero-order valence-corrected chi connectivity index (χ0v) is 13.1. The van der Waals surface area contributed by atoms with Crippen LogP contribution in [0.2, 0.25) is 0 Å². The maximum atomic E-state index is 12.4. The molecule has 1 amide bonds. The topological polar surface area (TPSA) is 46.9 Å². The lowest BCUT2D eigenvalue weighted by atomic mass is 10.1. The third kappa shape index (κ3) is 3.31. The number of aryl methyl sites for hydroxylation is 2. The lowest BCUT2D eigenvalue weighted by molar-refractivity contribution is 0.102. The van der Waals surface area contributed by atoms with Gasteiger partial charge in [-0.15, -0.1) is 0 Å². The van der Waals surface area contributed by atoms with Crippen LogP contribution in [-0.4, -0.2) is 15.5 Å². The van der Waals surface area contributed by atoms with Crippen molar-refractivity contribution in [3.05, 3.63) is 84.3 Å². The normalized spacial score (nSPS) is 10.6. The number of benzene rings is 2. The molecule has 1 aromatic heterocycles. The molecule has 0 spiro atoms. The van der Waals surface area contributed by atoms with Crippen LogP contribution in [0.25, 0.3) is 5.69 Å². The van der Waals surface area contributed by atoms with Crippen LogP contribution in [0.4, 0.5) is 5.69 Å². The molecule has 0 fully saturated rings. The van der Waals surface area contributed by atoms with E-state index in [2.05, 4.69) is 10.3 Å². The monoisotopic (exact) mass is 303 g/mol. The lowest BCUT2D eigenvalue weighted by Gasteiger charge is -2.11. The molecule has 114 valence electrons. The van der Waals surface area contributed by atoms with Gasteiger partial charge in [0.05, 0.1) is 6.33 Å². The number of hydrogen-bond donors (Lipinski definition) is 1. The van der Waals surface area contributed by atoms with Crippen molar-refractivity contribution in [3.63, 3.8) is 0 Å². The Morgan fingerprint density at radius 3 is 2.70 bits per heavy atom. The van der Waals surface area contributed by atoms with Crippen LogP contribution in [0.1, 0.15) is 27.0 Å². The van der Waals surface area contributed by atoms with Crippen molar-refractivity contribution < 1.29 is 4.79 Å². The van der Waals surface area contributed by atoms with Gasteiger partial charge in [-0.05, 0) is 67.8 Å². The number of rotatable bonds is 3. The maximum Gasteiger partial charge on any atom is 0.255 e. The van der Waals surface area contributed by atoms with Crippen molar-refractivity contribution in [1.82, 2.24) is 9.55 Å². The average molecular weight is 303 g/mol. The molecule has 2 radical (unpaired) electrons. The van der Waals surface area contributed by atoms with Gasteiger partial charge >= 0.3 is 0 Å². The number of nitrogens with one attached hydrogen (secondary N) is 1. The quantitative estimate of drug-likeness (QED) is 0.800. The summed E-state index contributed by atoms with van der Waals surface area (Å²) in [6, 6.07) is 11.2. The van der Waals surface area contributed by atoms with Gasteiger partial charge in [0.1, 0.15) is 0 Å². The van der Waals surface area contributed by atoms with Gasteiger partial charge in [-0.2, -0.15) is 0 Å². The van der Waals surface area contributed by atoms with Gasteiger partial charge in [0, 0.05) is 29.3 Å². The molecule has 0 saturated carbocycles. The van der Waals surface area contributed by atoms with Crippen LogP contribution in [0.3, 0.4) is 0 Å². The molecule has 2 aromatic carbocycles. The van der Waals surface area contributed by atoms with Gasteiger partial charge in [-0.1, -0.05) is 6.07 Å². The second-order valence-corrected chi connectivity index (χ2v) is 5.55. The Kier molecular flexibility index (Phi) is 3.98. The number of aromatic nitrogens is 2. The summed E-state index contributed by atoms with van der Waals surface area (Å²) in [5, 5.41) is 2.92. The number of amides is 1. The highest BCUT2D eigenvalue weighted by Gasteiger charge is 2.09. The Balaban J connectivity index is 1.87. The molecule has 1 heterocycles. The van der Waals surface area contributed by atoms with Crippen molar-refractivity contribution in [2.45, 2.75) is 13.8 Å². The fourth-order valence-corrected chi connectivity index (χ4v) is 2.38. The van der Waals surface area contributed by atoms with Gasteiger partial charge < -0.3 is 9.88 Å². The molecule has 3 aromatic rings. The van der Waals surface area contributed by atoms with E-state index in [4.69, 9.17) is 6.92 Å². The Morgan fingerprint density at radius 2 is 2.00 bits per heavy atom. The molecule has 0 aliphatic carbocycles. The molecule has 4 heteroatoms. The first-order valence-electron chi connectivity index (χ1n) is 7.30. The van der Waals surface area contributed by atoms with Gasteiger partial charge in [0.15, 0.2) is 0 Å². The molecular formula is C19H17N3O. The van der Waals surface area contributed by atoms with E-state index >= 15 is 0 Å². The molecular weight excluding hydrogens is 286 g/mol. The standard InChI is InChI=1S/C19H17N3O/c1-13-8-17(11-18(9-13)22-7-6-20-12-22)21-19(23)16-5-4-14(2)15(3)10-16/h3-12H,1-2H3,(H,21,23). The maximum absolute atomic E-state index is 12.4. The Bertz CT molecular complexity index is 851. The molecule has 0 atom stereocenters. The largest absolute Gasteiger partial charge is 0.322 e. The van der Waals surface area contributed by atoms with Crippen LogP contribution in [0, 0.1) is 20.8 Å². The van der Waals surface area contributed by atoms with Gasteiger partial charge in [-0.25, -0.2) is 4.98 Å². The molecule has 0 aliphatic rings. The first-order valence-corrected chi connectivity index (χ1v) is 7.30. The van der Waals surface area contributed by atoms with E-state index in [-0.39, 0.29) is 5.91 Å². The molecule has 23 heavy (non-hydrogen) atoms. The highest BCUT2D eigenvalue weighted by atomic mass is 16.1. The van der Waals surface area contributed by atoms with E-state index in [1.807, 2.05) is 48.9 Å². The minimum absolute atomic E-state index is 0.182. The van der Waals surface area contributed by atoms with E-state index < -0.39 is 0 Å². The number of nitrogens with zero attached hydrogens (tertiary/aromatic N) is 2. The van der Waals surface area contributed by atoms with E-state index in [1.165, 1.54) is 0 Å². The number of anilines is 1. The van der Waals surface area contributed by atoms with E-state index in [0.29, 0.717) is 11.1 Å². The van der Waals surface area contributed by atoms with Crippen molar-refractivity contribution in [2.75, 3.05) is 5.32 Å². The fourth-order valence-electron chi connectivity index (χ4n) is 2.38. The first kappa shape index (κ1) is 15.0. The van der Waals surface area contributed by atoms with Crippen LogP contribution < -0.4 is 5.32 Å². The van der Waals surface area contributed by atoms with Gasteiger partial charge in [-0.3, -0.25) is 4.79 Å². The van der Waals surface area contributed by atoms with E-state index in [9.17, 15) is 4.79 Å². The minimum Gasteiger partial charge on any atom is -0.322 e. The fraction of sp³-hybridized carbons (Fsp3) is 0.105. The summed E-state index contributed by atoms with van der Waals surface area (Å²) in [5.41, 5.74) is 4.84. The van der Waals surface area contributed by atoms with Gasteiger partial charge in [0.2, 0.25) is 0 Å². The van der Waals surface area contributed by atoms with Crippen LogP contribution in [0.5, 0.6) is 0 Å². The number of imidazole rings is 1. The van der Waals surface area contributed by atoms with Crippen LogP contribution in [-0.2, 0) is 0 Å². The molecule has 3 rings (SSSR count). The zero-order chi connectivity index (χ0) is 16.4. The molecule has 0 aliphatic heterocycles. The van der Waals surface area contributed by atoms with E-state index in [0.717, 1.165) is 22.5 Å².